The number of nitrogens with one attached hydrogen (secondary N) is 1. The van der Waals surface area contributed by atoms with E-state index >= 15 is 0 Å². The fourth-order valence-electron chi connectivity index (χ4n) is 4.05. The Balaban J connectivity index is 1.58. The van der Waals surface area contributed by atoms with Gasteiger partial charge in [-0.15, -0.1) is 0 Å². The Kier molecular flexibility index (Phi) is 5.24. The van der Waals surface area contributed by atoms with Crippen LogP contribution in [0.4, 0.5) is 0 Å². The molecule has 0 atom stereocenters. The number of benzene rings is 2. The average molecular weight is 375 g/mol. The molecule has 1 heterocycles. The van der Waals surface area contributed by atoms with Crippen LogP contribution >= 0.6 is 0 Å². The lowest BCUT2D eigenvalue weighted by atomic mass is 10.1. The maximum absolute atomic E-state index is 12.9. The van der Waals surface area contributed by atoms with Crippen molar-refractivity contribution < 1.29 is 4.79 Å². The Morgan fingerprint density at radius 3 is 2.61 bits per heavy atom. The first-order chi connectivity index (χ1) is 13.6. The molecule has 2 aromatic carbocycles. The molecule has 1 amide bonds. The first-order valence-corrected chi connectivity index (χ1v) is 9.94. The van der Waals surface area contributed by atoms with Crippen molar-refractivity contribution in [1.82, 2.24) is 15.1 Å². The largest absolute Gasteiger partial charge is 0.350 e. The number of amides is 1. The van der Waals surface area contributed by atoms with Gasteiger partial charge in [-0.3, -0.25) is 9.59 Å². The second kappa shape index (κ2) is 7.97. The number of fused-ring (bicyclic) bond motifs is 1. The Labute approximate surface area is 164 Å². The molecule has 0 aliphatic heterocycles. The van der Waals surface area contributed by atoms with Gasteiger partial charge in [0, 0.05) is 5.39 Å². The van der Waals surface area contributed by atoms with Crippen LogP contribution in [0.3, 0.4) is 0 Å². The lowest BCUT2D eigenvalue weighted by Gasteiger charge is -2.16. The molecule has 1 saturated carbocycles. The predicted molar refractivity (Wildman–Crippen MR) is 110 cm³/mol. The zero-order valence-corrected chi connectivity index (χ0v) is 16.1. The van der Waals surface area contributed by atoms with Gasteiger partial charge in [-0.2, -0.15) is 5.10 Å². The second-order valence-corrected chi connectivity index (χ2v) is 7.62. The van der Waals surface area contributed by atoms with Gasteiger partial charge in [-0.1, -0.05) is 60.9 Å². The molecule has 0 saturated heterocycles. The molecule has 0 bridgehead atoms. The molecular formula is C23H25N3O2. The fraction of sp³-hybridized carbons (Fsp3) is 0.348. The van der Waals surface area contributed by atoms with Crippen LogP contribution in [-0.4, -0.2) is 15.7 Å². The van der Waals surface area contributed by atoms with E-state index < -0.39 is 0 Å². The molecule has 5 nitrogen and oxygen atoms in total. The summed E-state index contributed by atoms with van der Waals surface area (Å²) in [6.45, 7) is 2.34. The predicted octanol–water partition coefficient (Wildman–Crippen LogP) is 3.68. The molecule has 0 radical (unpaired) electrons. The lowest BCUT2D eigenvalue weighted by molar-refractivity contribution is -0.120. The maximum atomic E-state index is 12.9. The van der Waals surface area contributed by atoms with Gasteiger partial charge >= 0.3 is 0 Å². The van der Waals surface area contributed by atoms with Gasteiger partial charge in [-0.05, 0) is 31.4 Å². The lowest BCUT2D eigenvalue weighted by Crippen LogP contribution is -2.30. The van der Waals surface area contributed by atoms with Crippen LogP contribution in [0.5, 0.6) is 0 Å². The zero-order chi connectivity index (χ0) is 19.5. The molecule has 144 valence electrons. The van der Waals surface area contributed by atoms with E-state index in [1.807, 2.05) is 55.5 Å². The van der Waals surface area contributed by atoms with Gasteiger partial charge in [0.05, 0.1) is 30.1 Å². The number of nitrogens with zero attached hydrogens (tertiary/aromatic N) is 2. The molecule has 0 spiro atoms. The van der Waals surface area contributed by atoms with E-state index in [0.29, 0.717) is 18.4 Å². The maximum Gasteiger partial charge on any atom is 0.274 e. The summed E-state index contributed by atoms with van der Waals surface area (Å²) >= 11 is 0. The molecular weight excluding hydrogens is 350 g/mol. The van der Waals surface area contributed by atoms with Crippen LogP contribution in [0.2, 0.25) is 0 Å². The number of aromatic nitrogens is 2. The third-order valence-corrected chi connectivity index (χ3v) is 5.48. The molecule has 1 aliphatic carbocycles. The van der Waals surface area contributed by atoms with Crippen molar-refractivity contribution in [1.29, 1.82) is 0 Å². The normalized spacial score (nSPS) is 14.5. The first-order valence-electron chi connectivity index (χ1n) is 9.94. The topological polar surface area (TPSA) is 64.0 Å². The third-order valence-electron chi connectivity index (χ3n) is 5.48. The standard InChI is InChI=1S/C23H25N3O2/c1-16-7-6-8-17(13-16)14-22(27)24-15-21-19-11-4-5-12-20(19)23(28)26(25-21)18-9-2-3-10-18/h4-8,11-13,18H,2-3,9-10,14-15H2,1H3,(H,24,27). The first kappa shape index (κ1) is 18.4. The van der Waals surface area contributed by atoms with Gasteiger partial charge in [0.25, 0.3) is 5.56 Å². The highest BCUT2D eigenvalue weighted by Gasteiger charge is 2.21. The molecule has 3 aromatic rings. The Bertz CT molecular complexity index is 1060. The van der Waals surface area contributed by atoms with Crippen LogP contribution in [0, 0.1) is 6.92 Å². The summed E-state index contributed by atoms with van der Waals surface area (Å²) in [6.07, 6.45) is 4.58. The monoisotopic (exact) mass is 375 g/mol. The SMILES string of the molecule is Cc1cccc(CC(=O)NCc2nn(C3CCCC3)c(=O)c3ccccc23)c1. The van der Waals surface area contributed by atoms with Crippen molar-refractivity contribution in [2.75, 3.05) is 0 Å². The number of hydrogen-bond acceptors (Lipinski definition) is 3. The Morgan fingerprint density at radius 1 is 1.11 bits per heavy atom. The highest BCUT2D eigenvalue weighted by molar-refractivity contribution is 5.84. The molecule has 1 N–H and O–H groups in total. The molecule has 4 rings (SSSR count). The minimum absolute atomic E-state index is 0.0302. The van der Waals surface area contributed by atoms with Gasteiger partial charge in [-0.25, -0.2) is 4.68 Å². The molecule has 5 heteroatoms. The minimum Gasteiger partial charge on any atom is -0.350 e. The third kappa shape index (κ3) is 3.84. The average Bonchev–Trinajstić information content (AvgIpc) is 3.22. The summed E-state index contributed by atoms with van der Waals surface area (Å²) in [5.74, 6) is -0.0462. The highest BCUT2D eigenvalue weighted by atomic mass is 16.1. The number of carbonyl (C=O) groups excluding carboxylic acids is 1. The summed E-state index contributed by atoms with van der Waals surface area (Å²) in [7, 11) is 0. The molecule has 1 aliphatic rings. The fourth-order valence-corrected chi connectivity index (χ4v) is 4.05. The van der Waals surface area contributed by atoms with E-state index in [4.69, 9.17) is 0 Å². The van der Waals surface area contributed by atoms with Crippen LogP contribution in [0.1, 0.15) is 48.5 Å². The molecule has 0 unspecified atom stereocenters. The summed E-state index contributed by atoms with van der Waals surface area (Å²) < 4.78 is 1.65. The van der Waals surface area contributed by atoms with Gasteiger partial charge in [0.2, 0.25) is 5.91 Å². The van der Waals surface area contributed by atoms with Crippen molar-refractivity contribution in [3.8, 4) is 0 Å². The van der Waals surface area contributed by atoms with E-state index in [1.54, 1.807) is 4.68 Å². The van der Waals surface area contributed by atoms with E-state index in [0.717, 1.165) is 47.9 Å². The van der Waals surface area contributed by atoms with Gasteiger partial charge in [0.1, 0.15) is 0 Å². The van der Waals surface area contributed by atoms with Gasteiger partial charge < -0.3 is 5.32 Å². The molecule has 1 fully saturated rings. The van der Waals surface area contributed by atoms with E-state index in [1.165, 1.54) is 0 Å². The van der Waals surface area contributed by atoms with Crippen LogP contribution in [0.25, 0.3) is 10.8 Å². The number of hydrogen-bond donors (Lipinski definition) is 1. The second-order valence-electron chi connectivity index (χ2n) is 7.62. The number of aryl methyl sites for hydroxylation is 1. The smallest absolute Gasteiger partial charge is 0.274 e. The van der Waals surface area contributed by atoms with Crippen LogP contribution in [-0.2, 0) is 17.8 Å². The Morgan fingerprint density at radius 2 is 1.86 bits per heavy atom. The van der Waals surface area contributed by atoms with E-state index in [2.05, 4.69) is 10.4 Å². The zero-order valence-electron chi connectivity index (χ0n) is 16.1. The minimum atomic E-state index is -0.0462. The number of rotatable bonds is 5. The summed E-state index contributed by atoms with van der Waals surface area (Å²) in [5, 5.41) is 9.14. The van der Waals surface area contributed by atoms with Crippen LogP contribution in [0.15, 0.2) is 53.3 Å². The van der Waals surface area contributed by atoms with Crippen molar-refractivity contribution in [3.63, 3.8) is 0 Å². The molecule has 1 aromatic heterocycles. The van der Waals surface area contributed by atoms with Gasteiger partial charge in [0.15, 0.2) is 0 Å². The summed E-state index contributed by atoms with van der Waals surface area (Å²) in [5.41, 5.74) is 2.85. The van der Waals surface area contributed by atoms with Crippen molar-refractivity contribution in [2.24, 2.45) is 0 Å². The van der Waals surface area contributed by atoms with E-state index in [-0.39, 0.29) is 17.5 Å². The molecule has 28 heavy (non-hydrogen) atoms. The van der Waals surface area contributed by atoms with E-state index in [9.17, 15) is 9.59 Å². The summed E-state index contributed by atoms with van der Waals surface area (Å²) in [4.78, 5) is 25.3. The quantitative estimate of drug-likeness (QED) is 0.740. The summed E-state index contributed by atoms with van der Waals surface area (Å²) in [6, 6.07) is 15.7. The van der Waals surface area contributed by atoms with Crippen molar-refractivity contribution >= 4 is 16.7 Å². The van der Waals surface area contributed by atoms with Crippen molar-refractivity contribution in [3.05, 3.63) is 75.7 Å². The Hall–Kier alpha value is -2.95. The number of carbonyl (C=O) groups is 1. The van der Waals surface area contributed by atoms with Crippen LogP contribution < -0.4 is 10.9 Å². The highest BCUT2D eigenvalue weighted by Crippen LogP contribution is 2.28. The van der Waals surface area contributed by atoms with Crippen molar-refractivity contribution in [2.45, 2.75) is 51.6 Å².